The van der Waals surface area contributed by atoms with E-state index in [9.17, 15) is 9.59 Å². The number of carbonyl (C=O) groups excluding carboxylic acids is 1. The summed E-state index contributed by atoms with van der Waals surface area (Å²) in [6, 6.07) is 10.4. The van der Waals surface area contributed by atoms with Crippen LogP contribution < -0.4 is 11.5 Å². The third-order valence-electron chi connectivity index (χ3n) is 5.02. The molecule has 0 spiro atoms. The zero-order valence-electron chi connectivity index (χ0n) is 19.4. The molecule has 0 aliphatic carbocycles. The number of likely N-dealkylation sites (N-methyl/N-ethyl adjacent to an activating group) is 1. The second-order valence-electron chi connectivity index (χ2n) is 9.15. The molecule has 6 nitrogen and oxygen atoms in total. The fraction of sp³-hybridized carbons (Fsp3) is 0.667. The predicted octanol–water partition coefficient (Wildman–Crippen LogP) is 4.57. The summed E-state index contributed by atoms with van der Waals surface area (Å²) in [6.45, 7) is 0.613. The first-order valence-corrected chi connectivity index (χ1v) is 11.1. The lowest BCUT2D eigenvalue weighted by Gasteiger charge is -2.29. The number of amides is 1. The number of carbonyl (C=O) groups is 2. The van der Waals surface area contributed by atoms with E-state index in [0.29, 0.717) is 17.4 Å². The van der Waals surface area contributed by atoms with Gasteiger partial charge in [-0.25, -0.2) is 0 Å². The molecule has 6 heteroatoms. The van der Waals surface area contributed by atoms with Crippen molar-refractivity contribution in [1.29, 1.82) is 0 Å². The van der Waals surface area contributed by atoms with Crippen LogP contribution in [0.5, 0.6) is 0 Å². The van der Waals surface area contributed by atoms with Gasteiger partial charge < -0.3 is 21.1 Å². The maximum Gasteiger partial charge on any atom is 0.305 e. The largest absolute Gasteiger partial charge is 0.481 e. The first-order valence-electron chi connectivity index (χ1n) is 11.1. The maximum absolute atomic E-state index is 12.1. The van der Waals surface area contributed by atoms with Gasteiger partial charge in [-0.1, -0.05) is 68.9 Å². The van der Waals surface area contributed by atoms with Crippen LogP contribution in [0.4, 0.5) is 0 Å². The molecule has 0 unspecified atom stereocenters. The number of unbranched alkanes of at least 4 members (excludes halogenated alkanes) is 7. The molecule has 0 bridgehead atoms. The first kappa shape index (κ1) is 28.1. The second kappa shape index (κ2) is 15.9. The SMILES string of the molecule is C[N+](C)(C)C[C@@H](CC(=O)O)NC(=O)CCCCCCCCCCc1ccccc1.N. The van der Waals surface area contributed by atoms with Crippen LogP contribution in [-0.2, 0) is 16.0 Å². The summed E-state index contributed by atoms with van der Waals surface area (Å²) in [4.78, 5) is 23.2. The Morgan fingerprint density at radius 3 is 1.97 bits per heavy atom. The number of nitrogens with zero attached hydrogens (tertiary/aromatic N) is 1. The number of aliphatic carboxylic acids is 1. The normalized spacial score (nSPS) is 12.1. The third kappa shape index (κ3) is 15.9. The van der Waals surface area contributed by atoms with E-state index in [0.717, 1.165) is 12.8 Å². The van der Waals surface area contributed by atoms with Gasteiger partial charge in [-0.05, 0) is 24.8 Å². The first-order chi connectivity index (χ1) is 13.8. The number of carboxylic acid groups (broad SMARTS) is 1. The quantitative estimate of drug-likeness (QED) is 0.268. The fourth-order valence-electron chi connectivity index (χ4n) is 3.65. The highest BCUT2D eigenvalue weighted by molar-refractivity contribution is 5.77. The summed E-state index contributed by atoms with van der Waals surface area (Å²) in [5.74, 6) is -0.891. The molecule has 30 heavy (non-hydrogen) atoms. The number of quaternary nitrogens is 1. The molecule has 5 N–H and O–H groups in total. The van der Waals surface area contributed by atoms with Crippen molar-refractivity contribution in [2.24, 2.45) is 0 Å². The van der Waals surface area contributed by atoms with E-state index in [4.69, 9.17) is 5.11 Å². The highest BCUT2D eigenvalue weighted by atomic mass is 16.4. The molecule has 0 saturated carbocycles. The monoisotopic (exact) mass is 422 g/mol. The van der Waals surface area contributed by atoms with E-state index in [-0.39, 0.29) is 24.5 Å². The van der Waals surface area contributed by atoms with Crippen LogP contribution in [0.15, 0.2) is 30.3 Å². The van der Waals surface area contributed by atoms with Crippen LogP contribution >= 0.6 is 0 Å². The maximum atomic E-state index is 12.1. The lowest BCUT2D eigenvalue weighted by molar-refractivity contribution is -0.871. The summed E-state index contributed by atoms with van der Waals surface area (Å²) in [5.41, 5.74) is 1.43. The topological polar surface area (TPSA) is 101 Å². The predicted molar refractivity (Wildman–Crippen MR) is 124 cm³/mol. The molecule has 0 heterocycles. The Kier molecular flexibility index (Phi) is 14.8. The van der Waals surface area contributed by atoms with Crippen LogP contribution in [0.2, 0.25) is 0 Å². The molecule has 1 aromatic carbocycles. The van der Waals surface area contributed by atoms with Crippen molar-refractivity contribution < 1.29 is 19.2 Å². The minimum Gasteiger partial charge on any atom is -0.481 e. The van der Waals surface area contributed by atoms with Crippen LogP contribution in [0.3, 0.4) is 0 Å². The molecule has 0 fully saturated rings. The van der Waals surface area contributed by atoms with Gasteiger partial charge in [-0.3, -0.25) is 9.59 Å². The number of rotatable bonds is 16. The number of nitrogens with one attached hydrogen (secondary N) is 1. The van der Waals surface area contributed by atoms with Gasteiger partial charge in [0, 0.05) is 6.42 Å². The molecule has 1 atom stereocenters. The van der Waals surface area contributed by atoms with Crippen molar-refractivity contribution in [2.75, 3.05) is 27.7 Å². The molecule has 0 aliphatic heterocycles. The second-order valence-corrected chi connectivity index (χ2v) is 9.15. The molecule has 172 valence electrons. The Bertz CT molecular complexity index is 585. The minimum absolute atomic E-state index is 0. The van der Waals surface area contributed by atoms with Crippen molar-refractivity contribution in [1.82, 2.24) is 11.5 Å². The molecule has 0 aromatic heterocycles. The molecular weight excluding hydrogens is 378 g/mol. The molecule has 1 rings (SSSR count). The fourth-order valence-corrected chi connectivity index (χ4v) is 3.65. The van der Waals surface area contributed by atoms with Gasteiger partial charge in [0.05, 0.1) is 40.2 Å². The van der Waals surface area contributed by atoms with Gasteiger partial charge in [0.2, 0.25) is 5.91 Å². The highest BCUT2D eigenvalue weighted by Crippen LogP contribution is 2.12. The third-order valence-corrected chi connectivity index (χ3v) is 5.02. The van der Waals surface area contributed by atoms with E-state index in [1.54, 1.807) is 0 Å². The zero-order valence-corrected chi connectivity index (χ0v) is 19.4. The van der Waals surface area contributed by atoms with Crippen molar-refractivity contribution in [3.8, 4) is 0 Å². The van der Waals surface area contributed by atoms with Crippen molar-refractivity contribution >= 4 is 11.9 Å². The molecule has 0 aliphatic rings. The van der Waals surface area contributed by atoms with Crippen LogP contribution in [0, 0.1) is 0 Å². The van der Waals surface area contributed by atoms with Gasteiger partial charge in [-0.2, -0.15) is 0 Å². The van der Waals surface area contributed by atoms with Gasteiger partial charge in [0.25, 0.3) is 0 Å². The van der Waals surface area contributed by atoms with Crippen LogP contribution in [0.1, 0.15) is 69.8 Å². The highest BCUT2D eigenvalue weighted by Gasteiger charge is 2.22. The standard InChI is InChI=1S/C24H40N2O3.H3N/c1-26(2,3)20-22(19-24(28)29)25-23(27)18-14-9-7-5-4-6-8-11-15-21-16-12-10-13-17-21;/h10,12-13,16-17,22H,4-9,11,14-15,18-20H2,1-3H3,(H-,25,27,28,29);1H3/p+1/t22-;/m1./s1. The average Bonchev–Trinajstić information content (AvgIpc) is 2.62. The lowest BCUT2D eigenvalue weighted by Crippen LogP contribution is -2.49. The summed E-state index contributed by atoms with van der Waals surface area (Å²) in [6.07, 6.45) is 11.1. The molecule has 0 saturated heterocycles. The summed E-state index contributed by atoms with van der Waals surface area (Å²) >= 11 is 0. The van der Waals surface area contributed by atoms with E-state index >= 15 is 0 Å². The Morgan fingerprint density at radius 1 is 0.900 bits per heavy atom. The van der Waals surface area contributed by atoms with Crippen molar-refractivity contribution in [3.05, 3.63) is 35.9 Å². The summed E-state index contributed by atoms with van der Waals surface area (Å²) in [5, 5.41) is 12.0. The number of hydrogen-bond acceptors (Lipinski definition) is 3. The van der Waals surface area contributed by atoms with Crippen molar-refractivity contribution in [2.45, 2.75) is 76.7 Å². The molecule has 1 amide bonds. The van der Waals surface area contributed by atoms with Crippen LogP contribution in [-0.4, -0.2) is 55.2 Å². The van der Waals surface area contributed by atoms with Gasteiger partial charge in [-0.15, -0.1) is 0 Å². The van der Waals surface area contributed by atoms with E-state index < -0.39 is 5.97 Å². The Balaban J connectivity index is 0.00000841. The molecule has 0 radical (unpaired) electrons. The smallest absolute Gasteiger partial charge is 0.305 e. The Hall–Kier alpha value is -1.92. The minimum atomic E-state index is -0.868. The average molecular weight is 423 g/mol. The number of hydrogen-bond donors (Lipinski definition) is 3. The Morgan fingerprint density at radius 2 is 1.43 bits per heavy atom. The zero-order chi connectivity index (χ0) is 21.5. The van der Waals surface area contributed by atoms with Gasteiger partial charge >= 0.3 is 5.97 Å². The number of carboxylic acids is 1. The molecule has 1 aromatic rings. The lowest BCUT2D eigenvalue weighted by atomic mass is 10.0. The van der Waals surface area contributed by atoms with Gasteiger partial charge in [0.15, 0.2) is 0 Å². The molecular formula is C24H44N3O3+. The van der Waals surface area contributed by atoms with Crippen LogP contribution in [0.25, 0.3) is 0 Å². The van der Waals surface area contributed by atoms with Gasteiger partial charge in [0.1, 0.15) is 0 Å². The summed E-state index contributed by atoms with van der Waals surface area (Å²) in [7, 11) is 6.01. The van der Waals surface area contributed by atoms with Crippen molar-refractivity contribution in [3.63, 3.8) is 0 Å². The number of aryl methyl sites for hydroxylation is 1. The van der Waals surface area contributed by atoms with E-state index in [1.807, 2.05) is 21.1 Å². The summed E-state index contributed by atoms with van der Waals surface area (Å²) < 4.78 is 0.629. The Labute approximate surface area is 183 Å². The van der Waals surface area contributed by atoms with E-state index in [2.05, 4.69) is 35.6 Å². The van der Waals surface area contributed by atoms with E-state index in [1.165, 1.54) is 50.5 Å². The number of benzene rings is 1.